The van der Waals surface area contributed by atoms with Crippen molar-refractivity contribution >= 4 is 21.6 Å². The highest BCUT2D eigenvalue weighted by atomic mass is 79.9. The molecule has 1 saturated heterocycles. The molecule has 2 N–H and O–H groups in total. The second-order valence-corrected chi connectivity index (χ2v) is 4.58. The van der Waals surface area contributed by atoms with Gasteiger partial charge in [-0.25, -0.2) is 4.68 Å². The van der Waals surface area contributed by atoms with E-state index in [4.69, 9.17) is 5.73 Å². The van der Waals surface area contributed by atoms with Crippen LogP contribution in [-0.2, 0) is 6.54 Å². The number of hydrogen-bond donors (Lipinski definition) is 1. The highest BCUT2D eigenvalue weighted by Crippen LogP contribution is 2.25. The summed E-state index contributed by atoms with van der Waals surface area (Å²) in [4.78, 5) is 13.9. The van der Waals surface area contributed by atoms with Gasteiger partial charge in [0.05, 0.1) is 18.4 Å². The Labute approximate surface area is 102 Å². The van der Waals surface area contributed by atoms with Crippen LogP contribution in [-0.4, -0.2) is 28.9 Å². The van der Waals surface area contributed by atoms with Crippen LogP contribution in [0.5, 0.6) is 0 Å². The smallest absolute Gasteiger partial charge is 0.283 e. The van der Waals surface area contributed by atoms with E-state index in [0.717, 1.165) is 18.8 Å². The summed E-state index contributed by atoms with van der Waals surface area (Å²) in [6, 6.07) is 0.197. The van der Waals surface area contributed by atoms with Crippen LogP contribution in [0, 0.1) is 0 Å². The second-order valence-electron chi connectivity index (χ2n) is 3.78. The Morgan fingerprint density at radius 3 is 2.94 bits per heavy atom. The molecule has 0 aromatic carbocycles. The molecule has 1 aliphatic heterocycles. The van der Waals surface area contributed by atoms with Gasteiger partial charge in [0.2, 0.25) is 0 Å². The number of anilines is 1. The van der Waals surface area contributed by atoms with Crippen LogP contribution in [0.15, 0.2) is 28.1 Å². The lowest BCUT2D eigenvalue weighted by Gasteiger charge is -2.38. The Kier molecular flexibility index (Phi) is 3.11. The number of aromatic nitrogens is 2. The van der Waals surface area contributed by atoms with Crippen LogP contribution in [0.1, 0.15) is 0 Å². The van der Waals surface area contributed by atoms with Crippen molar-refractivity contribution in [3.63, 3.8) is 0 Å². The van der Waals surface area contributed by atoms with E-state index in [-0.39, 0.29) is 11.6 Å². The number of nitrogens with two attached hydrogens (primary N) is 1. The maximum absolute atomic E-state index is 11.9. The van der Waals surface area contributed by atoms with Gasteiger partial charge in [-0.15, -0.1) is 6.58 Å². The Balaban J connectivity index is 2.32. The summed E-state index contributed by atoms with van der Waals surface area (Å²) in [6.45, 7) is 5.53. The largest absolute Gasteiger partial charge is 0.366 e. The molecule has 0 amide bonds. The molecular weight excluding hydrogens is 272 g/mol. The van der Waals surface area contributed by atoms with Gasteiger partial charge in [-0.3, -0.25) is 4.79 Å². The third kappa shape index (κ3) is 1.90. The predicted octanol–water partition coefficient (Wildman–Crippen LogP) is 0.339. The topological polar surface area (TPSA) is 64.2 Å². The van der Waals surface area contributed by atoms with E-state index in [2.05, 4.69) is 27.6 Å². The average molecular weight is 285 g/mol. The van der Waals surface area contributed by atoms with Crippen molar-refractivity contribution in [2.24, 2.45) is 5.73 Å². The van der Waals surface area contributed by atoms with Gasteiger partial charge in [-0.05, 0) is 15.9 Å². The molecule has 1 aromatic heterocycles. The van der Waals surface area contributed by atoms with Gasteiger partial charge in [0.1, 0.15) is 4.47 Å². The molecule has 16 heavy (non-hydrogen) atoms. The first-order valence-corrected chi connectivity index (χ1v) is 5.80. The van der Waals surface area contributed by atoms with E-state index < -0.39 is 0 Å². The first kappa shape index (κ1) is 11.3. The molecule has 6 heteroatoms. The van der Waals surface area contributed by atoms with E-state index in [0.29, 0.717) is 11.0 Å². The minimum Gasteiger partial charge on any atom is -0.366 e. The molecule has 0 unspecified atom stereocenters. The van der Waals surface area contributed by atoms with Crippen molar-refractivity contribution in [3.05, 3.63) is 33.7 Å². The zero-order valence-corrected chi connectivity index (χ0v) is 10.4. The summed E-state index contributed by atoms with van der Waals surface area (Å²) < 4.78 is 1.90. The van der Waals surface area contributed by atoms with Crippen LogP contribution in [0.4, 0.5) is 5.69 Å². The number of halogens is 1. The molecule has 0 saturated carbocycles. The van der Waals surface area contributed by atoms with E-state index in [1.54, 1.807) is 12.3 Å². The Morgan fingerprint density at radius 2 is 2.38 bits per heavy atom. The van der Waals surface area contributed by atoms with Crippen LogP contribution >= 0.6 is 15.9 Å². The number of allylic oxidation sites excluding steroid dienone is 1. The predicted molar refractivity (Wildman–Crippen MR) is 66.6 cm³/mol. The highest BCUT2D eigenvalue weighted by Gasteiger charge is 2.26. The molecule has 2 heterocycles. The highest BCUT2D eigenvalue weighted by molar-refractivity contribution is 9.10. The maximum Gasteiger partial charge on any atom is 0.283 e. The third-order valence-electron chi connectivity index (χ3n) is 2.52. The Hall–Kier alpha value is -1.14. The normalized spacial score (nSPS) is 16.0. The summed E-state index contributed by atoms with van der Waals surface area (Å²) in [6.07, 6.45) is 3.32. The first-order chi connectivity index (χ1) is 7.63. The van der Waals surface area contributed by atoms with Gasteiger partial charge in [-0.1, -0.05) is 6.08 Å². The fourth-order valence-electron chi connectivity index (χ4n) is 1.64. The average Bonchev–Trinajstić information content (AvgIpc) is 2.22. The van der Waals surface area contributed by atoms with E-state index in [1.165, 1.54) is 4.68 Å². The van der Waals surface area contributed by atoms with Crippen molar-refractivity contribution in [3.8, 4) is 0 Å². The molecule has 1 aromatic rings. The van der Waals surface area contributed by atoms with Crippen molar-refractivity contribution < 1.29 is 0 Å². The number of rotatable bonds is 3. The molecule has 0 atom stereocenters. The van der Waals surface area contributed by atoms with Crippen LogP contribution in [0.2, 0.25) is 0 Å². The summed E-state index contributed by atoms with van der Waals surface area (Å²) in [7, 11) is 0. The second kappa shape index (κ2) is 4.39. The summed E-state index contributed by atoms with van der Waals surface area (Å²) in [5, 5.41) is 4.08. The fourth-order valence-corrected chi connectivity index (χ4v) is 2.20. The first-order valence-electron chi connectivity index (χ1n) is 5.00. The SMILES string of the molecule is C=CCn1ncc(N2CC(N)C2)c(Br)c1=O. The van der Waals surface area contributed by atoms with Crippen LogP contribution in [0.3, 0.4) is 0 Å². The Bertz CT molecular complexity index is 464. The molecule has 1 fully saturated rings. The lowest BCUT2D eigenvalue weighted by atomic mass is 10.1. The van der Waals surface area contributed by atoms with E-state index in [9.17, 15) is 4.79 Å². The monoisotopic (exact) mass is 284 g/mol. The van der Waals surface area contributed by atoms with Gasteiger partial charge >= 0.3 is 0 Å². The third-order valence-corrected chi connectivity index (χ3v) is 3.26. The molecule has 5 nitrogen and oxygen atoms in total. The molecule has 0 aliphatic carbocycles. The van der Waals surface area contributed by atoms with Gasteiger partial charge in [0, 0.05) is 19.1 Å². The molecule has 0 spiro atoms. The van der Waals surface area contributed by atoms with E-state index in [1.807, 2.05) is 4.90 Å². The number of nitrogens with zero attached hydrogens (tertiary/aromatic N) is 3. The van der Waals surface area contributed by atoms with Gasteiger partial charge < -0.3 is 10.6 Å². The van der Waals surface area contributed by atoms with Gasteiger partial charge in [-0.2, -0.15) is 5.10 Å². The lowest BCUT2D eigenvalue weighted by Crippen LogP contribution is -2.56. The zero-order valence-electron chi connectivity index (χ0n) is 8.77. The minimum absolute atomic E-state index is 0.141. The summed E-state index contributed by atoms with van der Waals surface area (Å²) in [5.74, 6) is 0. The van der Waals surface area contributed by atoms with Crippen LogP contribution < -0.4 is 16.2 Å². The molecule has 0 bridgehead atoms. The van der Waals surface area contributed by atoms with Crippen molar-refractivity contribution in [2.75, 3.05) is 18.0 Å². The summed E-state index contributed by atoms with van der Waals surface area (Å²) >= 11 is 3.31. The summed E-state index contributed by atoms with van der Waals surface area (Å²) in [5.41, 5.74) is 6.37. The maximum atomic E-state index is 11.9. The molecule has 86 valence electrons. The minimum atomic E-state index is -0.141. The lowest BCUT2D eigenvalue weighted by molar-refractivity contribution is 0.514. The quantitative estimate of drug-likeness (QED) is 0.813. The fraction of sp³-hybridized carbons (Fsp3) is 0.400. The molecule has 1 aliphatic rings. The number of hydrogen-bond acceptors (Lipinski definition) is 4. The van der Waals surface area contributed by atoms with Crippen LogP contribution in [0.25, 0.3) is 0 Å². The van der Waals surface area contributed by atoms with Crippen molar-refractivity contribution in [1.29, 1.82) is 0 Å². The Morgan fingerprint density at radius 1 is 1.69 bits per heavy atom. The van der Waals surface area contributed by atoms with Crippen molar-refractivity contribution in [1.82, 2.24) is 9.78 Å². The van der Waals surface area contributed by atoms with Crippen molar-refractivity contribution in [2.45, 2.75) is 12.6 Å². The van der Waals surface area contributed by atoms with E-state index >= 15 is 0 Å². The molecule has 0 radical (unpaired) electrons. The zero-order chi connectivity index (χ0) is 11.7. The molecular formula is C10H13BrN4O. The van der Waals surface area contributed by atoms with Gasteiger partial charge in [0.25, 0.3) is 5.56 Å². The molecule has 2 rings (SSSR count). The standard InChI is InChI=1S/C10H13BrN4O/c1-2-3-15-10(16)9(11)8(4-13-15)14-5-7(12)6-14/h2,4,7H,1,3,5-6,12H2. The van der Waals surface area contributed by atoms with Gasteiger partial charge in [0.15, 0.2) is 0 Å².